The lowest BCUT2D eigenvalue weighted by molar-refractivity contribution is 0.295. The molecule has 0 aliphatic carbocycles. The van der Waals surface area contributed by atoms with Gasteiger partial charge >= 0.3 is 0 Å². The maximum Gasteiger partial charge on any atom is 0.229 e. The van der Waals surface area contributed by atoms with Crippen LogP contribution in [-0.2, 0) is 23.2 Å². The van der Waals surface area contributed by atoms with E-state index in [1.54, 1.807) is 12.3 Å². The molecule has 1 fully saturated rings. The van der Waals surface area contributed by atoms with Crippen LogP contribution in [0.1, 0.15) is 48.4 Å². The molecule has 8 nitrogen and oxygen atoms in total. The number of sulfonamides is 1. The van der Waals surface area contributed by atoms with Crippen LogP contribution in [-0.4, -0.2) is 42.5 Å². The summed E-state index contributed by atoms with van der Waals surface area (Å²) in [6.07, 6.45) is 7.94. The zero-order chi connectivity index (χ0) is 27.0. The average molecular weight is 544 g/mol. The van der Waals surface area contributed by atoms with Crippen LogP contribution in [0.15, 0.2) is 60.9 Å². The summed E-state index contributed by atoms with van der Waals surface area (Å²) in [6, 6.07) is 16.0. The average Bonchev–Trinajstić information content (AvgIpc) is 3.23. The number of hydrogen-bond donors (Lipinski definition) is 2. The predicted molar refractivity (Wildman–Crippen MR) is 155 cm³/mol. The highest BCUT2D eigenvalue weighted by atomic mass is 32.2. The third-order valence-electron chi connectivity index (χ3n) is 7.60. The number of nitrogens with zero attached hydrogens (tertiary/aromatic N) is 3. The van der Waals surface area contributed by atoms with Crippen molar-refractivity contribution in [3.63, 3.8) is 0 Å². The number of hydrogen-bond acceptors (Lipinski definition) is 6. The molecule has 0 atom stereocenters. The zero-order valence-electron chi connectivity index (χ0n) is 22.3. The van der Waals surface area contributed by atoms with Crippen LogP contribution >= 0.6 is 0 Å². The van der Waals surface area contributed by atoms with Gasteiger partial charge in [-0.3, -0.25) is 9.40 Å². The number of anilines is 1. The van der Waals surface area contributed by atoms with Crippen molar-refractivity contribution in [1.29, 1.82) is 0 Å². The lowest BCUT2D eigenvalue weighted by atomic mass is 9.86. The van der Waals surface area contributed by atoms with Gasteiger partial charge in [-0.1, -0.05) is 19.1 Å². The highest BCUT2D eigenvalue weighted by Crippen LogP contribution is 2.43. The van der Waals surface area contributed by atoms with Crippen molar-refractivity contribution >= 4 is 37.8 Å². The summed E-state index contributed by atoms with van der Waals surface area (Å²) in [5, 5.41) is 9.32. The molecule has 9 heteroatoms. The number of benzene rings is 2. The minimum absolute atomic E-state index is 0.407. The molecule has 6 rings (SSSR count). The van der Waals surface area contributed by atoms with Gasteiger partial charge in [-0.2, -0.15) is 5.10 Å². The lowest BCUT2D eigenvalue weighted by Gasteiger charge is -2.23. The third kappa shape index (κ3) is 5.29. The van der Waals surface area contributed by atoms with Gasteiger partial charge in [0.25, 0.3) is 0 Å². The smallest absolute Gasteiger partial charge is 0.229 e. The molecule has 2 N–H and O–H groups in total. The standard InChI is InChI=1S/C30H33N5O3S/c1-3-25(21-6-4-7-24(14-21)34-39(2,36)37)29-26-8-5-11-32-30(26)38-19-23-16-28-22(15-27(23)29)17-33-35(28)18-20-9-12-31-13-10-20/h4-8,11,14-17,20,31,34H,3,9-10,12-13,18-19H2,1-2H3/b29-25+. The third-order valence-corrected chi connectivity index (χ3v) is 8.21. The Morgan fingerprint density at radius 1 is 1.13 bits per heavy atom. The molecule has 0 unspecified atom stereocenters. The topological polar surface area (TPSA) is 98.1 Å². The van der Waals surface area contributed by atoms with Gasteiger partial charge in [-0.15, -0.1) is 0 Å². The van der Waals surface area contributed by atoms with E-state index in [4.69, 9.17) is 9.84 Å². The van der Waals surface area contributed by atoms with Crippen LogP contribution in [0.3, 0.4) is 0 Å². The van der Waals surface area contributed by atoms with Crippen molar-refractivity contribution in [3.05, 3.63) is 83.2 Å². The van der Waals surface area contributed by atoms with E-state index < -0.39 is 10.0 Å². The number of fused-ring (bicyclic) bond motifs is 3. The van der Waals surface area contributed by atoms with Crippen LogP contribution < -0.4 is 14.8 Å². The summed E-state index contributed by atoms with van der Waals surface area (Å²) in [5.41, 5.74) is 7.85. The number of allylic oxidation sites excluding steroid dienone is 1. The van der Waals surface area contributed by atoms with E-state index in [1.807, 2.05) is 36.5 Å². The summed E-state index contributed by atoms with van der Waals surface area (Å²) in [7, 11) is -3.40. The fourth-order valence-electron chi connectivity index (χ4n) is 5.80. The van der Waals surface area contributed by atoms with Crippen molar-refractivity contribution in [2.75, 3.05) is 24.1 Å². The fourth-order valence-corrected chi connectivity index (χ4v) is 6.35. The van der Waals surface area contributed by atoms with E-state index in [0.29, 0.717) is 24.1 Å². The Hall–Kier alpha value is -3.69. The van der Waals surface area contributed by atoms with Crippen molar-refractivity contribution in [3.8, 4) is 5.88 Å². The molecule has 4 heterocycles. The number of pyridine rings is 1. The number of nitrogens with one attached hydrogen (secondary N) is 2. The van der Waals surface area contributed by atoms with Crippen LogP contribution in [0.2, 0.25) is 0 Å². The Morgan fingerprint density at radius 2 is 1.97 bits per heavy atom. The highest BCUT2D eigenvalue weighted by Gasteiger charge is 2.25. The van der Waals surface area contributed by atoms with Crippen molar-refractivity contribution in [2.24, 2.45) is 5.92 Å². The lowest BCUT2D eigenvalue weighted by Crippen LogP contribution is -2.30. The molecular weight excluding hydrogens is 510 g/mol. The minimum Gasteiger partial charge on any atom is -0.472 e. The van der Waals surface area contributed by atoms with E-state index in [-0.39, 0.29) is 0 Å². The molecule has 2 aromatic heterocycles. The predicted octanol–water partition coefficient (Wildman–Crippen LogP) is 5.06. The Balaban J connectivity index is 1.52. The molecular formula is C30H33N5O3S. The first-order chi connectivity index (χ1) is 18.9. The first-order valence-electron chi connectivity index (χ1n) is 13.5. The maximum absolute atomic E-state index is 11.9. The Bertz CT molecular complexity index is 1670. The van der Waals surface area contributed by atoms with Crippen molar-refractivity contribution in [2.45, 2.75) is 39.3 Å². The Labute approximate surface area is 229 Å². The van der Waals surface area contributed by atoms with E-state index in [2.05, 4.69) is 38.8 Å². The summed E-state index contributed by atoms with van der Waals surface area (Å²) in [4.78, 5) is 4.57. The van der Waals surface area contributed by atoms with Gasteiger partial charge in [0.15, 0.2) is 0 Å². The molecule has 2 aromatic carbocycles. The van der Waals surface area contributed by atoms with Crippen molar-refractivity contribution < 1.29 is 13.2 Å². The number of rotatable bonds is 6. The Morgan fingerprint density at radius 3 is 2.77 bits per heavy atom. The van der Waals surface area contributed by atoms with E-state index in [1.165, 1.54) is 0 Å². The van der Waals surface area contributed by atoms with Crippen LogP contribution in [0, 0.1) is 5.92 Å². The molecule has 0 spiro atoms. The largest absolute Gasteiger partial charge is 0.472 e. The molecule has 1 saturated heterocycles. The molecule has 202 valence electrons. The Kier molecular flexibility index (Phi) is 6.86. The molecule has 4 aromatic rings. The van der Waals surface area contributed by atoms with E-state index in [9.17, 15) is 8.42 Å². The molecule has 2 aliphatic heterocycles. The van der Waals surface area contributed by atoms with Gasteiger partial charge in [-0.25, -0.2) is 13.4 Å². The second-order valence-corrected chi connectivity index (χ2v) is 12.1. The molecule has 2 aliphatic rings. The van der Waals surface area contributed by atoms with E-state index in [0.717, 1.165) is 89.5 Å². The van der Waals surface area contributed by atoms with Crippen LogP contribution in [0.4, 0.5) is 5.69 Å². The quantitative estimate of drug-likeness (QED) is 0.353. The fraction of sp³-hybridized carbons (Fsp3) is 0.333. The van der Waals surface area contributed by atoms with Gasteiger partial charge in [-0.05, 0) is 103 Å². The molecule has 0 bridgehead atoms. The SMILES string of the molecule is CC/C(=C1\c2cc3cnn(CC4CCNCC4)c3cc2COc2ncccc21)c1cccc(NS(C)(=O)=O)c1. The monoisotopic (exact) mass is 543 g/mol. The van der Waals surface area contributed by atoms with E-state index >= 15 is 0 Å². The summed E-state index contributed by atoms with van der Waals surface area (Å²) >= 11 is 0. The summed E-state index contributed by atoms with van der Waals surface area (Å²) < 4.78 is 34.9. The van der Waals surface area contributed by atoms with Crippen molar-refractivity contribution in [1.82, 2.24) is 20.1 Å². The first kappa shape index (κ1) is 25.6. The molecule has 39 heavy (non-hydrogen) atoms. The maximum atomic E-state index is 11.9. The van der Waals surface area contributed by atoms with Crippen LogP contribution in [0.5, 0.6) is 5.88 Å². The summed E-state index contributed by atoms with van der Waals surface area (Å²) in [5.74, 6) is 1.22. The van der Waals surface area contributed by atoms with Gasteiger partial charge in [0.1, 0.15) is 6.61 Å². The zero-order valence-corrected chi connectivity index (χ0v) is 23.1. The second-order valence-electron chi connectivity index (χ2n) is 10.4. The normalized spacial score (nSPS) is 17.2. The van der Waals surface area contributed by atoms with Gasteiger partial charge in [0.2, 0.25) is 15.9 Å². The summed E-state index contributed by atoms with van der Waals surface area (Å²) in [6.45, 7) is 5.57. The second kappa shape index (κ2) is 10.5. The van der Waals surface area contributed by atoms with Gasteiger partial charge in [0.05, 0.1) is 18.0 Å². The van der Waals surface area contributed by atoms with Crippen LogP contribution in [0.25, 0.3) is 22.0 Å². The highest BCUT2D eigenvalue weighted by molar-refractivity contribution is 7.92. The molecule has 0 saturated carbocycles. The molecule has 0 amide bonds. The van der Waals surface area contributed by atoms with Gasteiger partial charge in [0, 0.05) is 29.4 Å². The first-order valence-corrected chi connectivity index (χ1v) is 15.4. The molecule has 0 radical (unpaired) electrons. The number of ether oxygens (including phenoxy) is 1. The minimum atomic E-state index is -3.40. The van der Waals surface area contributed by atoms with Gasteiger partial charge < -0.3 is 10.1 Å². The number of aromatic nitrogens is 3. The number of piperidine rings is 1.